The van der Waals surface area contributed by atoms with E-state index >= 15 is 0 Å². The third-order valence-electron chi connectivity index (χ3n) is 5.50. The molecule has 3 aromatic rings. The molecule has 1 aliphatic heterocycles. The molecular weight excluding hydrogens is 452 g/mol. The van der Waals surface area contributed by atoms with Crippen LogP contribution in [0.25, 0.3) is 6.08 Å². The van der Waals surface area contributed by atoms with Crippen LogP contribution >= 0.6 is 11.6 Å². The van der Waals surface area contributed by atoms with Crippen LogP contribution in [0.1, 0.15) is 23.1 Å². The molecule has 2 aromatic carbocycles. The van der Waals surface area contributed by atoms with Crippen LogP contribution in [-0.2, 0) is 22.6 Å². The highest BCUT2D eigenvalue weighted by Gasteiger charge is 2.20. The average molecular weight is 479 g/mol. The number of carbonyl (C=O) groups is 1. The monoisotopic (exact) mass is 478 g/mol. The number of nitrogens with zero attached hydrogens (tertiary/aromatic N) is 2. The summed E-state index contributed by atoms with van der Waals surface area (Å²) >= 11 is 6.24. The summed E-state index contributed by atoms with van der Waals surface area (Å²) in [6.45, 7) is 2.09. The van der Waals surface area contributed by atoms with Gasteiger partial charge in [-0.25, -0.2) is 0 Å². The van der Waals surface area contributed by atoms with Crippen molar-refractivity contribution in [2.75, 3.05) is 20.3 Å². The summed E-state index contributed by atoms with van der Waals surface area (Å²) in [5, 5.41) is 0.596. The van der Waals surface area contributed by atoms with Gasteiger partial charge in [-0.3, -0.25) is 9.78 Å². The Kier molecular flexibility index (Phi) is 8.17. The Labute approximate surface area is 204 Å². The zero-order valence-corrected chi connectivity index (χ0v) is 19.8. The molecule has 1 aliphatic rings. The molecule has 7 heteroatoms. The lowest BCUT2D eigenvalue weighted by Crippen LogP contribution is -2.28. The fourth-order valence-corrected chi connectivity index (χ4v) is 3.91. The lowest BCUT2D eigenvalue weighted by molar-refractivity contribution is -0.127. The van der Waals surface area contributed by atoms with Crippen molar-refractivity contribution in [3.05, 3.63) is 94.8 Å². The number of aromatic nitrogens is 1. The number of ether oxygens (including phenoxy) is 3. The Hall–Kier alpha value is -3.35. The number of methoxy groups -OCH3 is 1. The van der Waals surface area contributed by atoms with Crippen LogP contribution in [-0.4, -0.2) is 42.2 Å². The molecule has 1 saturated heterocycles. The molecule has 0 unspecified atom stereocenters. The first-order valence-electron chi connectivity index (χ1n) is 11.1. The molecule has 1 aromatic heterocycles. The second-order valence-electron chi connectivity index (χ2n) is 8.00. The molecule has 0 aliphatic carbocycles. The van der Waals surface area contributed by atoms with E-state index in [1.54, 1.807) is 42.6 Å². The van der Waals surface area contributed by atoms with Crippen molar-refractivity contribution in [1.82, 2.24) is 9.88 Å². The molecule has 0 bridgehead atoms. The van der Waals surface area contributed by atoms with E-state index in [4.69, 9.17) is 25.8 Å². The average Bonchev–Trinajstić information content (AvgIpc) is 3.37. The maximum Gasteiger partial charge on any atom is 0.247 e. The number of pyridine rings is 1. The summed E-state index contributed by atoms with van der Waals surface area (Å²) in [5.41, 5.74) is 2.66. The Morgan fingerprint density at radius 1 is 1.15 bits per heavy atom. The molecule has 0 spiro atoms. The van der Waals surface area contributed by atoms with Crippen LogP contribution in [0.3, 0.4) is 0 Å². The topological polar surface area (TPSA) is 60.9 Å². The van der Waals surface area contributed by atoms with Crippen molar-refractivity contribution < 1.29 is 19.0 Å². The van der Waals surface area contributed by atoms with Crippen LogP contribution in [0.5, 0.6) is 11.5 Å². The number of hydrogen-bond donors (Lipinski definition) is 0. The van der Waals surface area contributed by atoms with Crippen LogP contribution in [0, 0.1) is 0 Å². The van der Waals surface area contributed by atoms with Gasteiger partial charge in [-0.15, -0.1) is 0 Å². The normalized spacial score (nSPS) is 15.4. The van der Waals surface area contributed by atoms with Crippen LogP contribution in [0.2, 0.25) is 5.02 Å². The van der Waals surface area contributed by atoms with Crippen molar-refractivity contribution >= 4 is 23.6 Å². The van der Waals surface area contributed by atoms with E-state index in [0.717, 1.165) is 23.1 Å². The summed E-state index contributed by atoms with van der Waals surface area (Å²) in [5.74, 6) is 1.17. The fourth-order valence-electron chi connectivity index (χ4n) is 3.71. The lowest BCUT2D eigenvalue weighted by atomic mass is 10.1. The molecule has 0 radical (unpaired) electrons. The SMILES string of the molecule is COc1cc(CN(Cc2cccnc2)C(=O)/C=C/c2ccccc2Cl)ccc1O[C@@H]1CCOC1. The second kappa shape index (κ2) is 11.7. The van der Waals surface area contributed by atoms with Crippen molar-refractivity contribution in [3.63, 3.8) is 0 Å². The number of amides is 1. The van der Waals surface area contributed by atoms with Gasteiger partial charge in [0, 0.05) is 43.0 Å². The highest BCUT2D eigenvalue weighted by Crippen LogP contribution is 2.31. The van der Waals surface area contributed by atoms with E-state index in [-0.39, 0.29) is 12.0 Å². The number of rotatable bonds is 9. The fraction of sp³-hybridized carbons (Fsp3) is 0.259. The van der Waals surface area contributed by atoms with E-state index in [0.29, 0.717) is 42.8 Å². The molecule has 6 nitrogen and oxygen atoms in total. The van der Waals surface area contributed by atoms with Crippen LogP contribution < -0.4 is 9.47 Å². The molecule has 0 N–H and O–H groups in total. The molecule has 176 valence electrons. The Bertz CT molecular complexity index is 1130. The molecule has 1 atom stereocenters. The van der Waals surface area contributed by atoms with E-state index in [9.17, 15) is 4.79 Å². The van der Waals surface area contributed by atoms with Gasteiger partial charge in [0.05, 0.1) is 20.3 Å². The van der Waals surface area contributed by atoms with E-state index < -0.39 is 0 Å². The first-order valence-corrected chi connectivity index (χ1v) is 11.5. The molecule has 0 saturated carbocycles. The molecule has 4 rings (SSSR count). The zero-order chi connectivity index (χ0) is 23.8. The quantitative estimate of drug-likeness (QED) is 0.398. The highest BCUT2D eigenvalue weighted by molar-refractivity contribution is 6.32. The standard InChI is InChI=1S/C27H27ClN2O4/c1-32-26-15-20(8-10-25(26)34-23-12-14-33-19-23)17-30(18-21-5-4-13-29-16-21)27(31)11-9-22-6-2-3-7-24(22)28/h2-11,13,15-16,23H,12,14,17-19H2,1H3/b11-9+/t23-/m1/s1. The maximum atomic E-state index is 13.2. The first kappa shape index (κ1) is 23.8. The Balaban J connectivity index is 1.53. The van der Waals surface area contributed by atoms with Crippen molar-refractivity contribution in [2.24, 2.45) is 0 Å². The Morgan fingerprint density at radius 3 is 2.74 bits per heavy atom. The Morgan fingerprint density at radius 2 is 2.00 bits per heavy atom. The largest absolute Gasteiger partial charge is 0.493 e. The van der Waals surface area contributed by atoms with E-state index in [1.807, 2.05) is 48.5 Å². The molecule has 1 amide bonds. The summed E-state index contributed by atoms with van der Waals surface area (Å²) in [6.07, 6.45) is 7.65. The third-order valence-corrected chi connectivity index (χ3v) is 5.85. The van der Waals surface area contributed by atoms with Gasteiger partial charge in [0.1, 0.15) is 6.10 Å². The second-order valence-corrected chi connectivity index (χ2v) is 8.41. The smallest absolute Gasteiger partial charge is 0.247 e. The minimum Gasteiger partial charge on any atom is -0.493 e. The van der Waals surface area contributed by atoms with Crippen LogP contribution in [0.4, 0.5) is 0 Å². The van der Waals surface area contributed by atoms with E-state index in [2.05, 4.69) is 4.98 Å². The molecule has 34 heavy (non-hydrogen) atoms. The van der Waals surface area contributed by atoms with Gasteiger partial charge in [0.2, 0.25) is 5.91 Å². The van der Waals surface area contributed by atoms with Crippen molar-refractivity contribution in [1.29, 1.82) is 0 Å². The zero-order valence-electron chi connectivity index (χ0n) is 19.0. The van der Waals surface area contributed by atoms with Gasteiger partial charge in [-0.05, 0) is 47.0 Å². The van der Waals surface area contributed by atoms with Gasteiger partial charge in [-0.1, -0.05) is 41.9 Å². The van der Waals surface area contributed by atoms with E-state index in [1.165, 1.54) is 0 Å². The minimum absolute atomic E-state index is 0.0263. The first-order chi connectivity index (χ1) is 16.6. The van der Waals surface area contributed by atoms with Crippen molar-refractivity contribution in [3.8, 4) is 11.5 Å². The molecule has 1 fully saturated rings. The number of hydrogen-bond acceptors (Lipinski definition) is 5. The number of halogens is 1. The van der Waals surface area contributed by atoms with Gasteiger partial charge in [-0.2, -0.15) is 0 Å². The molecular formula is C27H27ClN2O4. The summed E-state index contributed by atoms with van der Waals surface area (Å²) in [4.78, 5) is 19.1. The highest BCUT2D eigenvalue weighted by atomic mass is 35.5. The number of carbonyl (C=O) groups excluding carboxylic acids is 1. The maximum absolute atomic E-state index is 13.2. The molecule has 2 heterocycles. The van der Waals surface area contributed by atoms with Crippen molar-refractivity contribution in [2.45, 2.75) is 25.6 Å². The lowest BCUT2D eigenvalue weighted by Gasteiger charge is -2.22. The summed E-state index contributed by atoms with van der Waals surface area (Å²) in [7, 11) is 1.61. The minimum atomic E-state index is -0.133. The predicted octanol–water partition coefficient (Wildman–Crippen LogP) is 5.15. The van der Waals surface area contributed by atoms with Crippen LogP contribution in [0.15, 0.2) is 73.1 Å². The van der Waals surface area contributed by atoms with Gasteiger partial charge < -0.3 is 19.1 Å². The third kappa shape index (κ3) is 6.37. The van der Waals surface area contributed by atoms with Gasteiger partial charge in [0.15, 0.2) is 11.5 Å². The van der Waals surface area contributed by atoms with Gasteiger partial charge in [0.25, 0.3) is 0 Å². The summed E-state index contributed by atoms with van der Waals surface area (Å²) in [6, 6.07) is 17.0. The number of benzene rings is 2. The predicted molar refractivity (Wildman–Crippen MR) is 132 cm³/mol. The van der Waals surface area contributed by atoms with Gasteiger partial charge >= 0.3 is 0 Å². The summed E-state index contributed by atoms with van der Waals surface area (Å²) < 4.78 is 17.0.